The minimum Gasteiger partial charge on any atom is -0.379 e. The molecule has 3 rings (SSSR count). The number of ether oxygens (including phenoxy) is 1. The molecule has 2 aromatic rings. The van der Waals surface area contributed by atoms with E-state index in [1.807, 2.05) is 11.9 Å². The van der Waals surface area contributed by atoms with Crippen molar-refractivity contribution >= 4 is 11.9 Å². The van der Waals surface area contributed by atoms with Crippen molar-refractivity contribution < 1.29 is 4.74 Å². The summed E-state index contributed by atoms with van der Waals surface area (Å²) in [6.45, 7) is 1.45. The van der Waals surface area contributed by atoms with Crippen LogP contribution in [0, 0.1) is 0 Å². The van der Waals surface area contributed by atoms with E-state index in [1.165, 1.54) is 0 Å². The van der Waals surface area contributed by atoms with Crippen molar-refractivity contribution in [3.8, 4) is 5.95 Å². The molecule has 1 fully saturated rings. The number of rotatable bonds is 3. The van der Waals surface area contributed by atoms with Gasteiger partial charge in [0, 0.05) is 26.0 Å². The van der Waals surface area contributed by atoms with Gasteiger partial charge in [0.2, 0.25) is 17.8 Å². The van der Waals surface area contributed by atoms with Gasteiger partial charge in [-0.1, -0.05) is 0 Å². The number of anilines is 2. The number of nitrogens with zero attached hydrogens (tertiary/aromatic N) is 6. The standard InChI is InChI=1S/C11H15N7O/c1-17(8-2-5-19-6-8)10-14-9(12)15-11(16-10)18-4-3-13-7-18/h3-4,7-8H,2,5-6H2,1H3,(H2,12,14,15,16). The summed E-state index contributed by atoms with van der Waals surface area (Å²) in [5, 5.41) is 0. The summed E-state index contributed by atoms with van der Waals surface area (Å²) in [7, 11) is 1.94. The van der Waals surface area contributed by atoms with Gasteiger partial charge in [-0.15, -0.1) is 0 Å². The van der Waals surface area contributed by atoms with E-state index in [4.69, 9.17) is 10.5 Å². The molecular formula is C11H15N7O. The van der Waals surface area contributed by atoms with E-state index < -0.39 is 0 Å². The monoisotopic (exact) mass is 261 g/mol. The first kappa shape index (κ1) is 11.8. The lowest BCUT2D eigenvalue weighted by molar-refractivity contribution is 0.193. The van der Waals surface area contributed by atoms with Gasteiger partial charge >= 0.3 is 0 Å². The van der Waals surface area contributed by atoms with E-state index >= 15 is 0 Å². The molecule has 1 unspecified atom stereocenters. The first-order valence-corrected chi connectivity index (χ1v) is 6.04. The van der Waals surface area contributed by atoms with Gasteiger partial charge in [-0.25, -0.2) is 4.98 Å². The number of hydrogen-bond donors (Lipinski definition) is 1. The highest BCUT2D eigenvalue weighted by atomic mass is 16.5. The normalized spacial score (nSPS) is 18.7. The molecule has 2 N–H and O–H groups in total. The second-order valence-corrected chi connectivity index (χ2v) is 4.39. The minimum absolute atomic E-state index is 0.194. The first-order chi connectivity index (χ1) is 9.24. The lowest BCUT2D eigenvalue weighted by atomic mass is 10.2. The molecule has 1 aliphatic rings. The third-order valence-corrected chi connectivity index (χ3v) is 3.13. The topological polar surface area (TPSA) is 95.0 Å². The molecule has 0 saturated carbocycles. The molecule has 0 bridgehead atoms. The zero-order chi connectivity index (χ0) is 13.2. The molecule has 2 aromatic heterocycles. The molecule has 1 aliphatic heterocycles. The molecule has 8 nitrogen and oxygen atoms in total. The second kappa shape index (κ2) is 4.81. The Balaban J connectivity index is 1.93. The summed E-state index contributed by atoms with van der Waals surface area (Å²) in [4.78, 5) is 18.6. The summed E-state index contributed by atoms with van der Waals surface area (Å²) < 4.78 is 7.07. The van der Waals surface area contributed by atoms with Crippen LogP contribution in [0.2, 0.25) is 0 Å². The highest BCUT2D eigenvalue weighted by molar-refractivity contribution is 5.38. The summed E-state index contributed by atoms with van der Waals surface area (Å²) >= 11 is 0. The molecular weight excluding hydrogens is 246 g/mol. The van der Waals surface area contributed by atoms with Crippen molar-refractivity contribution in [3.05, 3.63) is 18.7 Å². The number of imidazole rings is 1. The second-order valence-electron chi connectivity index (χ2n) is 4.39. The zero-order valence-corrected chi connectivity index (χ0v) is 10.6. The summed E-state index contributed by atoms with van der Waals surface area (Å²) in [6, 6.07) is 0.275. The van der Waals surface area contributed by atoms with Crippen LogP contribution >= 0.6 is 0 Å². The van der Waals surface area contributed by atoms with Gasteiger partial charge in [0.25, 0.3) is 0 Å². The van der Waals surface area contributed by atoms with Crippen molar-refractivity contribution in [2.24, 2.45) is 0 Å². The largest absolute Gasteiger partial charge is 0.379 e. The van der Waals surface area contributed by atoms with Crippen LogP contribution in [-0.4, -0.2) is 50.8 Å². The molecule has 0 spiro atoms. The van der Waals surface area contributed by atoms with Gasteiger partial charge in [-0.3, -0.25) is 4.57 Å². The fourth-order valence-electron chi connectivity index (χ4n) is 2.01. The van der Waals surface area contributed by atoms with Crippen LogP contribution < -0.4 is 10.6 Å². The summed E-state index contributed by atoms with van der Waals surface area (Å²) in [5.41, 5.74) is 5.75. The number of nitrogens with two attached hydrogens (primary N) is 1. The maximum absolute atomic E-state index is 5.75. The Morgan fingerprint density at radius 2 is 2.32 bits per heavy atom. The SMILES string of the molecule is CN(c1nc(N)nc(-n2ccnc2)n1)C1CCOC1. The van der Waals surface area contributed by atoms with Crippen molar-refractivity contribution in [1.29, 1.82) is 0 Å². The van der Waals surface area contributed by atoms with Crippen LogP contribution in [0.4, 0.5) is 11.9 Å². The Labute approximate surface area is 110 Å². The highest BCUT2D eigenvalue weighted by Gasteiger charge is 2.23. The maximum atomic E-state index is 5.75. The van der Waals surface area contributed by atoms with E-state index in [0.717, 1.165) is 13.0 Å². The third-order valence-electron chi connectivity index (χ3n) is 3.13. The lowest BCUT2D eigenvalue weighted by Gasteiger charge is -2.23. The van der Waals surface area contributed by atoms with E-state index in [2.05, 4.69) is 19.9 Å². The van der Waals surface area contributed by atoms with Crippen LogP contribution in [0.25, 0.3) is 5.95 Å². The third kappa shape index (κ3) is 2.34. The molecule has 1 saturated heterocycles. The highest BCUT2D eigenvalue weighted by Crippen LogP contribution is 2.17. The minimum atomic E-state index is 0.194. The molecule has 8 heteroatoms. The molecule has 0 amide bonds. The first-order valence-electron chi connectivity index (χ1n) is 6.04. The smallest absolute Gasteiger partial charge is 0.241 e. The van der Waals surface area contributed by atoms with E-state index in [1.54, 1.807) is 23.3 Å². The van der Waals surface area contributed by atoms with Crippen LogP contribution in [-0.2, 0) is 4.74 Å². The summed E-state index contributed by atoms with van der Waals surface area (Å²) in [5.74, 6) is 1.21. The molecule has 1 atom stereocenters. The Kier molecular flexibility index (Phi) is 3.00. The molecule has 100 valence electrons. The van der Waals surface area contributed by atoms with E-state index in [0.29, 0.717) is 18.5 Å². The average molecular weight is 261 g/mol. The van der Waals surface area contributed by atoms with Crippen LogP contribution in [0.5, 0.6) is 0 Å². The van der Waals surface area contributed by atoms with Crippen molar-refractivity contribution in [3.63, 3.8) is 0 Å². The van der Waals surface area contributed by atoms with Crippen molar-refractivity contribution in [2.45, 2.75) is 12.5 Å². The average Bonchev–Trinajstić information content (AvgIpc) is 3.10. The van der Waals surface area contributed by atoms with Crippen LogP contribution in [0.15, 0.2) is 18.7 Å². The zero-order valence-electron chi connectivity index (χ0n) is 10.6. The molecule has 3 heterocycles. The van der Waals surface area contributed by atoms with E-state index in [-0.39, 0.29) is 12.0 Å². The van der Waals surface area contributed by atoms with Crippen molar-refractivity contribution in [1.82, 2.24) is 24.5 Å². The van der Waals surface area contributed by atoms with Gasteiger partial charge in [-0.05, 0) is 6.42 Å². The summed E-state index contributed by atoms with van der Waals surface area (Å²) in [6.07, 6.45) is 6.01. The Morgan fingerprint density at radius 1 is 1.42 bits per heavy atom. The number of hydrogen-bond acceptors (Lipinski definition) is 7. The van der Waals surface area contributed by atoms with E-state index in [9.17, 15) is 0 Å². The Bertz CT molecular complexity index is 550. The van der Waals surface area contributed by atoms with Gasteiger partial charge in [0.05, 0.1) is 12.6 Å². The number of likely N-dealkylation sites (N-methyl/N-ethyl adjacent to an activating group) is 1. The predicted octanol–water partition coefficient (Wildman–Crippen LogP) is -0.135. The van der Waals surface area contributed by atoms with Gasteiger partial charge in [0.15, 0.2) is 0 Å². The maximum Gasteiger partial charge on any atom is 0.241 e. The quantitative estimate of drug-likeness (QED) is 0.821. The number of aromatic nitrogens is 5. The molecule has 0 radical (unpaired) electrons. The molecule has 19 heavy (non-hydrogen) atoms. The van der Waals surface area contributed by atoms with Crippen LogP contribution in [0.3, 0.4) is 0 Å². The Hall–Kier alpha value is -2.22. The van der Waals surface area contributed by atoms with Crippen molar-refractivity contribution in [2.75, 3.05) is 30.9 Å². The van der Waals surface area contributed by atoms with Gasteiger partial charge < -0.3 is 15.4 Å². The molecule has 0 aliphatic carbocycles. The predicted molar refractivity (Wildman–Crippen MR) is 69.0 cm³/mol. The van der Waals surface area contributed by atoms with Crippen LogP contribution in [0.1, 0.15) is 6.42 Å². The lowest BCUT2D eigenvalue weighted by Crippen LogP contribution is -2.33. The fourth-order valence-corrected chi connectivity index (χ4v) is 2.01. The van der Waals surface area contributed by atoms with Gasteiger partial charge in [0.1, 0.15) is 6.33 Å². The Morgan fingerprint density at radius 3 is 3.00 bits per heavy atom. The van der Waals surface area contributed by atoms with Gasteiger partial charge in [-0.2, -0.15) is 15.0 Å². The fraction of sp³-hybridized carbons (Fsp3) is 0.455. The molecule has 0 aromatic carbocycles. The number of nitrogen functional groups attached to an aromatic ring is 1.